The summed E-state index contributed by atoms with van der Waals surface area (Å²) < 4.78 is 49.4. The molecule has 0 radical (unpaired) electrons. The molecule has 1 aliphatic rings. The zero-order valence-electron chi connectivity index (χ0n) is 9.00. The van der Waals surface area contributed by atoms with Gasteiger partial charge in [-0.05, 0) is 0 Å². The average Bonchev–Trinajstić information content (AvgIpc) is 2.16. The maximum atomic E-state index is 12.7. The van der Waals surface area contributed by atoms with E-state index in [9.17, 15) is 17.2 Å². The van der Waals surface area contributed by atoms with Crippen molar-refractivity contribution in [1.29, 1.82) is 0 Å². The molecule has 1 aliphatic heterocycles. The molecule has 0 saturated carbocycles. The third-order valence-corrected chi connectivity index (χ3v) is 4.62. The minimum atomic E-state index is -3.40. The number of piperazine rings is 1. The van der Waals surface area contributed by atoms with Crippen LogP contribution in [0.5, 0.6) is 0 Å². The summed E-state index contributed by atoms with van der Waals surface area (Å²) in [6.45, 7) is 1.62. The summed E-state index contributed by atoms with van der Waals surface area (Å²) >= 11 is 5.31. The minimum absolute atomic E-state index is 0.227. The summed E-state index contributed by atoms with van der Waals surface area (Å²) in [5.41, 5.74) is 0. The molecule has 0 unspecified atom stereocenters. The normalized spacial score (nSPS) is 21.2. The maximum absolute atomic E-state index is 12.7. The molecule has 0 aromatic heterocycles. The molecular formula is C8H15ClF2N2O2S. The van der Waals surface area contributed by atoms with Gasteiger partial charge in [-0.15, -0.1) is 11.6 Å². The number of hydrogen-bond acceptors (Lipinski definition) is 3. The van der Waals surface area contributed by atoms with Crippen LogP contribution in [0.4, 0.5) is 8.78 Å². The van der Waals surface area contributed by atoms with Crippen LogP contribution in [-0.2, 0) is 10.0 Å². The molecule has 0 aliphatic carbocycles. The van der Waals surface area contributed by atoms with E-state index in [0.29, 0.717) is 13.1 Å². The Morgan fingerprint density at radius 2 is 1.75 bits per heavy atom. The molecule has 0 aromatic carbocycles. The summed E-state index contributed by atoms with van der Waals surface area (Å²) in [4.78, 5) is 1.56. The van der Waals surface area contributed by atoms with Crippen LogP contribution < -0.4 is 0 Å². The van der Waals surface area contributed by atoms with Gasteiger partial charge in [-0.1, -0.05) is 0 Å². The molecule has 1 saturated heterocycles. The highest BCUT2D eigenvalue weighted by Crippen LogP contribution is 2.16. The second-order valence-electron chi connectivity index (χ2n) is 3.97. The number of hydrogen-bond donors (Lipinski definition) is 0. The van der Waals surface area contributed by atoms with Gasteiger partial charge in [0.15, 0.2) is 0 Å². The van der Waals surface area contributed by atoms with Crippen LogP contribution >= 0.6 is 11.6 Å². The molecule has 0 spiro atoms. The zero-order chi connectivity index (χ0) is 12.4. The predicted molar refractivity (Wildman–Crippen MR) is 58.3 cm³/mol. The molecule has 0 aromatic rings. The molecule has 0 bridgehead atoms. The lowest BCUT2D eigenvalue weighted by atomic mass is 10.3. The Morgan fingerprint density at radius 3 is 2.12 bits per heavy atom. The molecule has 8 heteroatoms. The number of alkyl halides is 3. The van der Waals surface area contributed by atoms with E-state index in [1.54, 1.807) is 4.90 Å². The predicted octanol–water partition coefficient (Wildman–Crippen LogP) is 0.785. The largest absolute Gasteiger partial charge is 0.295 e. The summed E-state index contributed by atoms with van der Waals surface area (Å²) in [7, 11) is -3.40. The fraction of sp³-hybridized carbons (Fsp3) is 1.00. The quantitative estimate of drug-likeness (QED) is 0.713. The molecule has 1 rings (SSSR count). The van der Waals surface area contributed by atoms with Crippen LogP contribution in [0.1, 0.15) is 6.92 Å². The van der Waals surface area contributed by atoms with E-state index in [1.165, 1.54) is 4.31 Å². The summed E-state index contributed by atoms with van der Waals surface area (Å²) in [5, 5.41) is -0.461. The van der Waals surface area contributed by atoms with Crippen LogP contribution in [0.2, 0.25) is 0 Å². The van der Waals surface area contributed by atoms with Crippen molar-refractivity contribution in [3.8, 4) is 0 Å². The SMILES string of the molecule is CC(F)(F)CN1CCN(S(=O)(=O)CCl)CC1. The van der Waals surface area contributed by atoms with Crippen LogP contribution in [0.3, 0.4) is 0 Å². The van der Waals surface area contributed by atoms with Gasteiger partial charge in [-0.25, -0.2) is 17.2 Å². The molecule has 0 N–H and O–H groups in total. The van der Waals surface area contributed by atoms with Crippen molar-refractivity contribution >= 4 is 21.6 Å². The van der Waals surface area contributed by atoms with E-state index in [4.69, 9.17) is 11.6 Å². The average molecular weight is 277 g/mol. The first-order valence-corrected chi connectivity index (χ1v) is 7.03. The summed E-state index contributed by atoms with van der Waals surface area (Å²) in [5.74, 6) is -2.74. The molecule has 0 amide bonds. The first kappa shape index (κ1) is 14.1. The van der Waals surface area contributed by atoms with Gasteiger partial charge in [0.1, 0.15) is 5.21 Å². The number of nitrogens with zero attached hydrogens (tertiary/aromatic N) is 2. The lowest BCUT2D eigenvalue weighted by molar-refractivity contribution is -0.0208. The summed E-state index contributed by atoms with van der Waals surface area (Å²) in [6, 6.07) is 0. The molecule has 96 valence electrons. The lowest BCUT2D eigenvalue weighted by Gasteiger charge is -2.34. The highest BCUT2D eigenvalue weighted by Gasteiger charge is 2.30. The number of sulfonamides is 1. The van der Waals surface area contributed by atoms with Crippen molar-refractivity contribution in [1.82, 2.24) is 9.21 Å². The van der Waals surface area contributed by atoms with E-state index >= 15 is 0 Å². The van der Waals surface area contributed by atoms with E-state index in [1.807, 2.05) is 0 Å². The van der Waals surface area contributed by atoms with Crippen molar-refractivity contribution in [2.45, 2.75) is 12.8 Å². The van der Waals surface area contributed by atoms with Crippen molar-refractivity contribution < 1.29 is 17.2 Å². The smallest absolute Gasteiger partial charge is 0.257 e. The Hall–Kier alpha value is 0.0200. The van der Waals surface area contributed by atoms with Gasteiger partial charge in [0.05, 0.1) is 6.54 Å². The fourth-order valence-electron chi connectivity index (χ4n) is 1.63. The van der Waals surface area contributed by atoms with Crippen molar-refractivity contribution in [3.63, 3.8) is 0 Å². The van der Waals surface area contributed by atoms with E-state index in [-0.39, 0.29) is 19.6 Å². The monoisotopic (exact) mass is 276 g/mol. The van der Waals surface area contributed by atoms with Gasteiger partial charge in [-0.2, -0.15) is 4.31 Å². The molecular weight excluding hydrogens is 262 g/mol. The van der Waals surface area contributed by atoms with Gasteiger partial charge in [0.2, 0.25) is 10.0 Å². The standard InChI is InChI=1S/C8H15ClF2N2O2S/c1-8(10,11)6-12-2-4-13(5-3-12)16(14,15)7-9/h2-7H2,1H3. The molecule has 1 fully saturated rings. The molecule has 1 heterocycles. The highest BCUT2D eigenvalue weighted by molar-refractivity contribution is 7.90. The van der Waals surface area contributed by atoms with Gasteiger partial charge in [0, 0.05) is 33.1 Å². The minimum Gasteiger partial charge on any atom is -0.295 e. The van der Waals surface area contributed by atoms with Gasteiger partial charge in [0.25, 0.3) is 5.92 Å². The summed E-state index contributed by atoms with van der Waals surface area (Å²) in [6.07, 6.45) is 0. The van der Waals surface area contributed by atoms with Crippen molar-refractivity contribution in [2.24, 2.45) is 0 Å². The molecule has 0 atom stereocenters. The Labute approximate surface area is 99.2 Å². The third kappa shape index (κ3) is 4.12. The van der Waals surface area contributed by atoms with Gasteiger partial charge >= 0.3 is 0 Å². The molecule has 4 nitrogen and oxygen atoms in total. The number of rotatable bonds is 4. The van der Waals surface area contributed by atoms with Gasteiger partial charge < -0.3 is 0 Å². The Morgan fingerprint density at radius 1 is 1.25 bits per heavy atom. The van der Waals surface area contributed by atoms with Crippen molar-refractivity contribution in [3.05, 3.63) is 0 Å². The Bertz CT molecular complexity index is 323. The molecule has 16 heavy (non-hydrogen) atoms. The van der Waals surface area contributed by atoms with Crippen LogP contribution in [0.15, 0.2) is 0 Å². The van der Waals surface area contributed by atoms with E-state index in [0.717, 1.165) is 6.92 Å². The first-order valence-electron chi connectivity index (χ1n) is 4.88. The van der Waals surface area contributed by atoms with Gasteiger partial charge in [-0.3, -0.25) is 4.90 Å². The second kappa shape index (κ2) is 5.12. The zero-order valence-corrected chi connectivity index (χ0v) is 10.6. The lowest BCUT2D eigenvalue weighted by Crippen LogP contribution is -2.51. The van der Waals surface area contributed by atoms with Crippen LogP contribution in [0.25, 0.3) is 0 Å². The highest BCUT2D eigenvalue weighted by atomic mass is 35.5. The number of halogens is 3. The van der Waals surface area contributed by atoms with Crippen molar-refractivity contribution in [2.75, 3.05) is 37.9 Å². The maximum Gasteiger partial charge on any atom is 0.257 e. The Balaban J connectivity index is 2.46. The fourth-order valence-corrected chi connectivity index (χ4v) is 2.90. The third-order valence-electron chi connectivity index (χ3n) is 2.36. The topological polar surface area (TPSA) is 40.6 Å². The van der Waals surface area contributed by atoms with E-state index in [2.05, 4.69) is 0 Å². The van der Waals surface area contributed by atoms with E-state index < -0.39 is 21.2 Å². The first-order chi connectivity index (χ1) is 7.24. The second-order valence-corrected chi connectivity index (χ2v) is 6.52. The Kier molecular flexibility index (Phi) is 4.50. The van der Waals surface area contributed by atoms with Crippen LogP contribution in [-0.4, -0.2) is 61.5 Å². The van der Waals surface area contributed by atoms with Crippen LogP contribution in [0, 0.1) is 0 Å².